The highest BCUT2D eigenvalue weighted by atomic mass is 16.5. The molecule has 1 rings (SSSR count). The fourth-order valence-electron chi connectivity index (χ4n) is 2.18. The van der Waals surface area contributed by atoms with E-state index in [0.29, 0.717) is 13.0 Å². The number of nitrogens with one attached hydrogen (secondary N) is 1. The van der Waals surface area contributed by atoms with Crippen molar-refractivity contribution < 1.29 is 14.6 Å². The Kier molecular flexibility index (Phi) is 5.98. The highest BCUT2D eigenvalue weighted by molar-refractivity contribution is 5.82. The van der Waals surface area contributed by atoms with E-state index in [0.717, 1.165) is 12.1 Å². The Balaban J connectivity index is 3.04. The molecule has 0 amide bonds. The summed E-state index contributed by atoms with van der Waals surface area (Å²) in [7, 11) is 5.35. The number of phenols is 1. The number of benzene rings is 1. The number of hydrogen-bond donors (Lipinski definition) is 2. The summed E-state index contributed by atoms with van der Waals surface area (Å²) < 4.78 is 4.97. The lowest BCUT2D eigenvalue weighted by atomic mass is 9.87. The smallest absolute Gasteiger partial charge is 0.330 e. The van der Waals surface area contributed by atoms with Gasteiger partial charge in [-0.15, -0.1) is 0 Å². The van der Waals surface area contributed by atoms with Crippen LogP contribution in [0, 0.1) is 0 Å². The van der Waals surface area contributed by atoms with Crippen LogP contribution in [-0.2, 0) is 15.1 Å². The molecule has 1 atom stereocenters. The van der Waals surface area contributed by atoms with E-state index < -0.39 is 5.54 Å². The van der Waals surface area contributed by atoms with Crippen LogP contribution in [0.4, 0.5) is 0 Å². The molecule has 2 N–H and O–H groups in total. The van der Waals surface area contributed by atoms with Crippen molar-refractivity contribution in [2.75, 3.05) is 34.3 Å². The van der Waals surface area contributed by atoms with Crippen LogP contribution >= 0.6 is 0 Å². The zero-order valence-corrected chi connectivity index (χ0v) is 12.6. The first-order valence-electron chi connectivity index (χ1n) is 6.74. The maximum absolute atomic E-state index is 12.3. The molecule has 0 bridgehead atoms. The van der Waals surface area contributed by atoms with E-state index in [9.17, 15) is 9.90 Å². The molecule has 0 radical (unpaired) electrons. The highest BCUT2D eigenvalue weighted by Gasteiger charge is 2.39. The van der Waals surface area contributed by atoms with Gasteiger partial charge in [-0.3, -0.25) is 5.32 Å². The van der Waals surface area contributed by atoms with Crippen LogP contribution in [0.5, 0.6) is 5.75 Å². The molecule has 0 aliphatic carbocycles. The van der Waals surface area contributed by atoms with E-state index in [1.807, 2.05) is 25.9 Å². The van der Waals surface area contributed by atoms with Crippen molar-refractivity contribution in [1.82, 2.24) is 10.2 Å². The lowest BCUT2D eigenvalue weighted by Gasteiger charge is -2.32. The number of ether oxygens (including phenoxy) is 1. The van der Waals surface area contributed by atoms with Gasteiger partial charge in [-0.05, 0) is 38.2 Å². The van der Waals surface area contributed by atoms with Crippen molar-refractivity contribution in [1.29, 1.82) is 0 Å². The monoisotopic (exact) mass is 280 g/mol. The van der Waals surface area contributed by atoms with Crippen LogP contribution in [0.15, 0.2) is 24.3 Å². The first-order valence-corrected chi connectivity index (χ1v) is 6.74. The maximum Gasteiger partial charge on any atom is 0.330 e. The first kappa shape index (κ1) is 16.5. The summed E-state index contributed by atoms with van der Waals surface area (Å²) in [4.78, 5) is 14.3. The van der Waals surface area contributed by atoms with Gasteiger partial charge in [-0.25, -0.2) is 4.79 Å². The van der Waals surface area contributed by atoms with Gasteiger partial charge < -0.3 is 14.7 Å². The lowest BCUT2D eigenvalue weighted by molar-refractivity contribution is -0.149. The normalized spacial score (nSPS) is 14.1. The molecular weight excluding hydrogens is 256 g/mol. The quantitative estimate of drug-likeness (QED) is 0.738. The molecule has 1 unspecified atom stereocenters. The zero-order chi connectivity index (χ0) is 15.2. The molecule has 5 nitrogen and oxygen atoms in total. The summed E-state index contributed by atoms with van der Waals surface area (Å²) in [5, 5.41) is 12.7. The van der Waals surface area contributed by atoms with Gasteiger partial charge in [0.05, 0.1) is 7.11 Å². The molecular formula is C15H24N2O3. The Morgan fingerprint density at radius 3 is 2.40 bits per heavy atom. The molecule has 20 heavy (non-hydrogen) atoms. The van der Waals surface area contributed by atoms with E-state index in [1.54, 1.807) is 24.3 Å². The van der Waals surface area contributed by atoms with E-state index in [1.165, 1.54) is 7.11 Å². The second-order valence-electron chi connectivity index (χ2n) is 5.03. The molecule has 0 spiro atoms. The highest BCUT2D eigenvalue weighted by Crippen LogP contribution is 2.28. The van der Waals surface area contributed by atoms with E-state index >= 15 is 0 Å². The molecule has 112 valence electrons. The standard InChI is InChI=1S/C15H24N2O3/c1-5-15(14(19)20-4,16-10-11-17(2)3)12-6-8-13(18)9-7-12/h6-9,16,18H,5,10-11H2,1-4H3. The Hall–Kier alpha value is -1.59. The predicted molar refractivity (Wildman–Crippen MR) is 78.6 cm³/mol. The Bertz CT molecular complexity index is 431. The summed E-state index contributed by atoms with van der Waals surface area (Å²) in [6, 6.07) is 6.66. The molecule has 0 saturated heterocycles. The lowest BCUT2D eigenvalue weighted by Crippen LogP contribution is -2.51. The second kappa shape index (κ2) is 7.26. The number of esters is 1. The van der Waals surface area contributed by atoms with Crippen LogP contribution in [-0.4, -0.2) is 50.3 Å². The number of carbonyl (C=O) groups excluding carboxylic acids is 1. The van der Waals surface area contributed by atoms with E-state index in [2.05, 4.69) is 5.32 Å². The van der Waals surface area contributed by atoms with Gasteiger partial charge in [0.2, 0.25) is 0 Å². The number of rotatable bonds is 7. The summed E-state index contributed by atoms with van der Waals surface area (Å²) in [5.74, 6) is -0.138. The van der Waals surface area contributed by atoms with E-state index in [-0.39, 0.29) is 11.7 Å². The Morgan fingerprint density at radius 1 is 1.35 bits per heavy atom. The van der Waals surface area contributed by atoms with Crippen molar-refractivity contribution in [2.24, 2.45) is 0 Å². The number of carbonyl (C=O) groups is 1. The topological polar surface area (TPSA) is 61.8 Å². The maximum atomic E-state index is 12.3. The van der Waals surface area contributed by atoms with Gasteiger partial charge in [0.15, 0.2) is 0 Å². The Morgan fingerprint density at radius 2 is 1.95 bits per heavy atom. The molecule has 0 heterocycles. The van der Waals surface area contributed by atoms with Crippen LogP contribution in [0.25, 0.3) is 0 Å². The minimum atomic E-state index is -0.877. The van der Waals surface area contributed by atoms with Crippen LogP contribution in [0.2, 0.25) is 0 Å². The van der Waals surface area contributed by atoms with Gasteiger partial charge in [-0.2, -0.15) is 0 Å². The van der Waals surface area contributed by atoms with Crippen molar-refractivity contribution in [2.45, 2.75) is 18.9 Å². The predicted octanol–water partition coefficient (Wildman–Crippen LogP) is 1.32. The third-order valence-corrected chi connectivity index (χ3v) is 3.41. The van der Waals surface area contributed by atoms with Crippen molar-refractivity contribution in [3.8, 4) is 5.75 Å². The largest absolute Gasteiger partial charge is 0.508 e. The molecule has 5 heteroatoms. The van der Waals surface area contributed by atoms with Crippen LogP contribution in [0.3, 0.4) is 0 Å². The molecule has 0 fully saturated rings. The Labute approximate surface area is 120 Å². The minimum absolute atomic E-state index is 0.178. The van der Waals surface area contributed by atoms with E-state index in [4.69, 9.17) is 4.74 Å². The number of methoxy groups -OCH3 is 1. The SMILES string of the molecule is CCC(NCCN(C)C)(C(=O)OC)c1ccc(O)cc1. The number of hydrogen-bond acceptors (Lipinski definition) is 5. The number of likely N-dealkylation sites (N-methyl/N-ethyl adjacent to an activating group) is 1. The summed E-state index contributed by atoms with van der Waals surface area (Å²) in [5.41, 5.74) is -0.0817. The molecule has 0 saturated carbocycles. The number of nitrogens with zero attached hydrogens (tertiary/aromatic N) is 1. The molecule has 0 aliphatic rings. The first-order chi connectivity index (χ1) is 9.46. The van der Waals surface area contributed by atoms with Gasteiger partial charge in [0.25, 0.3) is 0 Å². The third-order valence-electron chi connectivity index (χ3n) is 3.41. The van der Waals surface area contributed by atoms with Crippen molar-refractivity contribution in [3.05, 3.63) is 29.8 Å². The average molecular weight is 280 g/mol. The summed E-state index contributed by atoms with van der Waals surface area (Å²) in [6.45, 7) is 3.42. The number of phenolic OH excluding ortho intramolecular Hbond substituents is 1. The second-order valence-corrected chi connectivity index (χ2v) is 5.03. The number of aromatic hydroxyl groups is 1. The fourth-order valence-corrected chi connectivity index (χ4v) is 2.18. The third kappa shape index (κ3) is 3.71. The summed E-state index contributed by atoms with van der Waals surface area (Å²) >= 11 is 0. The summed E-state index contributed by atoms with van der Waals surface area (Å²) in [6.07, 6.45) is 0.567. The van der Waals surface area contributed by atoms with Gasteiger partial charge in [0.1, 0.15) is 11.3 Å². The average Bonchev–Trinajstić information content (AvgIpc) is 2.44. The molecule has 0 aromatic heterocycles. The van der Waals surface area contributed by atoms with Crippen molar-refractivity contribution in [3.63, 3.8) is 0 Å². The fraction of sp³-hybridized carbons (Fsp3) is 0.533. The van der Waals surface area contributed by atoms with Crippen LogP contribution in [0.1, 0.15) is 18.9 Å². The minimum Gasteiger partial charge on any atom is -0.508 e. The van der Waals surface area contributed by atoms with Gasteiger partial charge >= 0.3 is 5.97 Å². The van der Waals surface area contributed by atoms with Gasteiger partial charge in [0, 0.05) is 13.1 Å². The zero-order valence-electron chi connectivity index (χ0n) is 12.6. The van der Waals surface area contributed by atoms with Gasteiger partial charge in [-0.1, -0.05) is 19.1 Å². The van der Waals surface area contributed by atoms with Crippen molar-refractivity contribution >= 4 is 5.97 Å². The van der Waals surface area contributed by atoms with Crippen LogP contribution < -0.4 is 5.32 Å². The molecule has 1 aromatic carbocycles. The molecule has 0 aliphatic heterocycles. The molecule has 1 aromatic rings.